The minimum Gasteiger partial charge on any atom is -0.480 e. The van der Waals surface area contributed by atoms with Gasteiger partial charge in [-0.25, -0.2) is 9.59 Å². The van der Waals surface area contributed by atoms with E-state index in [-0.39, 0.29) is 6.10 Å². The molecule has 0 bridgehead atoms. The predicted octanol–water partition coefficient (Wildman–Crippen LogP) is -0.817. The fraction of sp³-hybridized carbons (Fsp3) is 0.727. The first kappa shape index (κ1) is 15.2. The van der Waals surface area contributed by atoms with Crippen LogP contribution in [0.15, 0.2) is 0 Å². The lowest BCUT2D eigenvalue weighted by Gasteiger charge is -2.23. The number of nitrogens with two attached hydrogens (primary N) is 1. The van der Waals surface area contributed by atoms with Gasteiger partial charge in [-0.15, -0.1) is 0 Å². The molecule has 2 atom stereocenters. The lowest BCUT2D eigenvalue weighted by atomic mass is 10.1. The van der Waals surface area contributed by atoms with E-state index in [1.165, 1.54) is 0 Å². The van der Waals surface area contributed by atoms with E-state index in [4.69, 9.17) is 15.6 Å². The van der Waals surface area contributed by atoms with E-state index in [1.54, 1.807) is 0 Å². The predicted molar refractivity (Wildman–Crippen MR) is 65.4 cm³/mol. The van der Waals surface area contributed by atoms with Crippen molar-refractivity contribution in [2.24, 2.45) is 5.73 Å². The average Bonchev–Trinajstić information content (AvgIpc) is 2.36. The third-order valence-corrected chi connectivity index (χ3v) is 2.77. The van der Waals surface area contributed by atoms with Crippen LogP contribution in [0.2, 0.25) is 0 Å². The molecule has 0 aromatic carbocycles. The second-order valence-electron chi connectivity index (χ2n) is 4.40. The first-order chi connectivity index (χ1) is 8.99. The molecule has 1 aliphatic rings. The molecule has 0 saturated carbocycles. The molecule has 3 amide bonds. The molecule has 8 nitrogen and oxygen atoms in total. The number of carbonyl (C=O) groups excluding carboxylic acids is 2. The number of ether oxygens (including phenoxy) is 1. The summed E-state index contributed by atoms with van der Waals surface area (Å²) < 4.78 is 5.41. The molecule has 0 radical (unpaired) electrons. The van der Waals surface area contributed by atoms with E-state index in [2.05, 4.69) is 10.6 Å². The Hall–Kier alpha value is -1.83. The molecule has 1 heterocycles. The molecule has 5 N–H and O–H groups in total. The van der Waals surface area contributed by atoms with Gasteiger partial charge in [-0.05, 0) is 19.3 Å². The van der Waals surface area contributed by atoms with Gasteiger partial charge < -0.3 is 26.2 Å². The van der Waals surface area contributed by atoms with Gasteiger partial charge in [0, 0.05) is 13.2 Å². The van der Waals surface area contributed by atoms with E-state index in [0.717, 1.165) is 19.3 Å². The van der Waals surface area contributed by atoms with Gasteiger partial charge in [0.05, 0.1) is 12.5 Å². The first-order valence-electron chi connectivity index (χ1n) is 6.16. The van der Waals surface area contributed by atoms with Crippen LogP contribution in [0.25, 0.3) is 0 Å². The largest absolute Gasteiger partial charge is 0.480 e. The normalized spacial score (nSPS) is 20.3. The molecule has 1 aliphatic heterocycles. The van der Waals surface area contributed by atoms with Gasteiger partial charge in [0.2, 0.25) is 5.91 Å². The molecule has 19 heavy (non-hydrogen) atoms. The molecule has 1 rings (SSSR count). The number of carboxylic acid groups (broad SMARTS) is 1. The zero-order valence-corrected chi connectivity index (χ0v) is 10.6. The Bertz CT molecular complexity index is 341. The van der Waals surface area contributed by atoms with Crippen LogP contribution in [-0.2, 0) is 14.3 Å². The summed E-state index contributed by atoms with van der Waals surface area (Å²) in [6.45, 7) is 0.988. The number of carboxylic acids is 1. The van der Waals surface area contributed by atoms with Gasteiger partial charge in [0.15, 0.2) is 0 Å². The number of amides is 3. The van der Waals surface area contributed by atoms with Crippen molar-refractivity contribution in [1.82, 2.24) is 10.6 Å². The maximum absolute atomic E-state index is 11.5. The van der Waals surface area contributed by atoms with Crippen LogP contribution in [0.4, 0.5) is 4.79 Å². The monoisotopic (exact) mass is 273 g/mol. The van der Waals surface area contributed by atoms with E-state index in [9.17, 15) is 14.4 Å². The Kier molecular flexibility index (Phi) is 6.07. The summed E-state index contributed by atoms with van der Waals surface area (Å²) in [6.07, 6.45) is 2.45. The van der Waals surface area contributed by atoms with Crippen LogP contribution in [0.3, 0.4) is 0 Å². The van der Waals surface area contributed by atoms with Crippen LogP contribution in [0.5, 0.6) is 0 Å². The fourth-order valence-corrected chi connectivity index (χ4v) is 1.79. The van der Waals surface area contributed by atoms with E-state index in [0.29, 0.717) is 13.2 Å². The lowest BCUT2D eigenvalue weighted by Crippen LogP contribution is -2.49. The molecule has 1 saturated heterocycles. The zero-order valence-electron chi connectivity index (χ0n) is 10.6. The summed E-state index contributed by atoms with van der Waals surface area (Å²) in [4.78, 5) is 33.0. The van der Waals surface area contributed by atoms with Crippen LogP contribution in [0, 0.1) is 0 Å². The topological polar surface area (TPSA) is 131 Å². The smallest absolute Gasteiger partial charge is 0.326 e. The molecular weight excluding hydrogens is 254 g/mol. The summed E-state index contributed by atoms with van der Waals surface area (Å²) in [5.41, 5.74) is 4.90. The second-order valence-corrected chi connectivity index (χ2v) is 4.40. The summed E-state index contributed by atoms with van der Waals surface area (Å²) in [5, 5.41) is 13.5. The molecule has 108 valence electrons. The van der Waals surface area contributed by atoms with Gasteiger partial charge in [-0.2, -0.15) is 0 Å². The molecular formula is C11H19N3O5. The SMILES string of the molecule is NC(=O)C[C@H](NC(=O)NCC1CCCCO1)C(=O)O. The number of hydrogen-bond donors (Lipinski definition) is 4. The minimum absolute atomic E-state index is 0.0427. The zero-order chi connectivity index (χ0) is 14.3. The number of urea groups is 1. The Morgan fingerprint density at radius 1 is 1.37 bits per heavy atom. The minimum atomic E-state index is -1.32. The summed E-state index contributed by atoms with van der Waals surface area (Å²) in [7, 11) is 0. The Balaban J connectivity index is 2.31. The standard InChI is InChI=1S/C11H19N3O5/c12-9(15)5-8(10(16)17)14-11(18)13-6-7-3-1-2-4-19-7/h7-8H,1-6H2,(H2,12,15)(H,16,17)(H2,13,14,18)/t7?,8-/m0/s1. The maximum atomic E-state index is 11.5. The summed E-state index contributed by atoms with van der Waals surface area (Å²) in [5.74, 6) is -2.09. The van der Waals surface area contributed by atoms with Crippen LogP contribution >= 0.6 is 0 Å². The van der Waals surface area contributed by atoms with E-state index in [1.807, 2.05) is 0 Å². The lowest BCUT2D eigenvalue weighted by molar-refractivity contribution is -0.140. The molecule has 0 aromatic heterocycles. The Morgan fingerprint density at radius 2 is 2.11 bits per heavy atom. The number of rotatable bonds is 6. The number of carbonyl (C=O) groups is 3. The summed E-state index contributed by atoms with van der Waals surface area (Å²) >= 11 is 0. The van der Waals surface area contributed by atoms with Crippen LogP contribution < -0.4 is 16.4 Å². The Morgan fingerprint density at radius 3 is 2.63 bits per heavy atom. The molecule has 8 heteroatoms. The molecule has 0 aliphatic carbocycles. The molecule has 0 aromatic rings. The van der Waals surface area contributed by atoms with Crippen molar-refractivity contribution in [3.05, 3.63) is 0 Å². The van der Waals surface area contributed by atoms with E-state index >= 15 is 0 Å². The van der Waals surface area contributed by atoms with E-state index < -0.39 is 30.4 Å². The third-order valence-electron chi connectivity index (χ3n) is 2.77. The number of primary amides is 1. The van der Waals surface area contributed by atoms with Gasteiger partial charge >= 0.3 is 12.0 Å². The van der Waals surface area contributed by atoms with Gasteiger partial charge in [0.1, 0.15) is 6.04 Å². The molecule has 0 spiro atoms. The Labute approximate surface area is 110 Å². The van der Waals surface area contributed by atoms with Crippen LogP contribution in [0.1, 0.15) is 25.7 Å². The second kappa shape index (κ2) is 7.57. The van der Waals surface area contributed by atoms with Crippen molar-refractivity contribution in [1.29, 1.82) is 0 Å². The highest BCUT2D eigenvalue weighted by molar-refractivity contribution is 5.87. The highest BCUT2D eigenvalue weighted by atomic mass is 16.5. The third kappa shape index (κ3) is 6.05. The van der Waals surface area contributed by atoms with Crippen molar-refractivity contribution < 1.29 is 24.2 Å². The molecule has 1 fully saturated rings. The highest BCUT2D eigenvalue weighted by Gasteiger charge is 2.22. The fourth-order valence-electron chi connectivity index (χ4n) is 1.79. The molecule has 1 unspecified atom stereocenters. The van der Waals surface area contributed by atoms with Gasteiger partial charge in [-0.1, -0.05) is 0 Å². The average molecular weight is 273 g/mol. The van der Waals surface area contributed by atoms with Crippen molar-refractivity contribution in [3.8, 4) is 0 Å². The number of nitrogens with one attached hydrogen (secondary N) is 2. The van der Waals surface area contributed by atoms with Gasteiger partial charge in [-0.3, -0.25) is 4.79 Å². The number of hydrogen-bond acceptors (Lipinski definition) is 4. The van der Waals surface area contributed by atoms with Gasteiger partial charge in [0.25, 0.3) is 0 Å². The maximum Gasteiger partial charge on any atom is 0.326 e. The quantitative estimate of drug-likeness (QED) is 0.502. The van der Waals surface area contributed by atoms with Crippen molar-refractivity contribution in [2.45, 2.75) is 37.8 Å². The van der Waals surface area contributed by atoms with Crippen LogP contribution in [-0.4, -0.2) is 48.3 Å². The van der Waals surface area contributed by atoms with Crippen molar-refractivity contribution in [2.75, 3.05) is 13.2 Å². The van der Waals surface area contributed by atoms with Crippen molar-refractivity contribution >= 4 is 17.9 Å². The first-order valence-corrected chi connectivity index (χ1v) is 6.16. The highest BCUT2D eigenvalue weighted by Crippen LogP contribution is 2.11. The number of aliphatic carboxylic acids is 1. The summed E-state index contributed by atoms with van der Waals surface area (Å²) in [6, 6.07) is -1.97. The van der Waals surface area contributed by atoms with Crippen molar-refractivity contribution in [3.63, 3.8) is 0 Å².